The van der Waals surface area contributed by atoms with E-state index in [9.17, 15) is 4.39 Å². The molecule has 5 heteroatoms. The second kappa shape index (κ2) is 11.1. The van der Waals surface area contributed by atoms with Crippen LogP contribution in [0.15, 0.2) is 71.2 Å². The Labute approximate surface area is 186 Å². The van der Waals surface area contributed by atoms with E-state index >= 15 is 0 Å². The molecule has 3 aromatic carbocycles. The first-order chi connectivity index (χ1) is 14.6. The smallest absolute Gasteiger partial charge is 0.175 e. The molecule has 0 amide bonds. The van der Waals surface area contributed by atoms with Gasteiger partial charge in [-0.2, -0.15) is 0 Å². The molecule has 3 nitrogen and oxygen atoms in total. The zero-order valence-corrected chi connectivity index (χ0v) is 18.9. The average Bonchev–Trinajstić information content (AvgIpc) is 2.77. The summed E-state index contributed by atoms with van der Waals surface area (Å²) in [5, 5.41) is 3.66. The van der Waals surface area contributed by atoms with E-state index in [1.54, 1.807) is 19.2 Å². The van der Waals surface area contributed by atoms with Crippen LogP contribution in [0.5, 0.6) is 11.5 Å². The monoisotopic (exact) mass is 471 g/mol. The molecule has 3 rings (SSSR count). The largest absolute Gasteiger partial charge is 0.493 e. The van der Waals surface area contributed by atoms with Gasteiger partial charge in [0.2, 0.25) is 0 Å². The van der Waals surface area contributed by atoms with Crippen molar-refractivity contribution in [3.05, 3.63) is 93.7 Å². The number of benzene rings is 3. The van der Waals surface area contributed by atoms with E-state index in [-0.39, 0.29) is 5.82 Å². The Morgan fingerprint density at radius 2 is 1.73 bits per heavy atom. The van der Waals surface area contributed by atoms with Gasteiger partial charge in [-0.05, 0) is 63.3 Å². The second-order valence-electron chi connectivity index (χ2n) is 7.16. The lowest BCUT2D eigenvalue weighted by Crippen LogP contribution is -2.20. The highest BCUT2D eigenvalue weighted by atomic mass is 79.9. The molecule has 0 spiro atoms. The summed E-state index contributed by atoms with van der Waals surface area (Å²) in [6.07, 6.45) is 2.18. The molecule has 3 aromatic rings. The number of hydrogen-bond acceptors (Lipinski definition) is 3. The summed E-state index contributed by atoms with van der Waals surface area (Å²) in [7, 11) is 1.63. The Balaban J connectivity index is 1.70. The van der Waals surface area contributed by atoms with Gasteiger partial charge in [-0.1, -0.05) is 55.8 Å². The number of methoxy groups -OCH3 is 1. The highest BCUT2D eigenvalue weighted by Gasteiger charge is 2.14. The van der Waals surface area contributed by atoms with E-state index in [4.69, 9.17) is 9.47 Å². The van der Waals surface area contributed by atoms with E-state index < -0.39 is 0 Å². The minimum atomic E-state index is -0.258. The molecular formula is C25H27BrFNO2. The first-order valence-electron chi connectivity index (χ1n) is 10.1. The van der Waals surface area contributed by atoms with E-state index in [0.717, 1.165) is 28.4 Å². The van der Waals surface area contributed by atoms with E-state index in [1.165, 1.54) is 17.7 Å². The molecule has 0 aliphatic heterocycles. The topological polar surface area (TPSA) is 30.5 Å². The summed E-state index contributed by atoms with van der Waals surface area (Å²) in [5.41, 5.74) is 3.29. The van der Waals surface area contributed by atoms with Gasteiger partial charge < -0.3 is 14.8 Å². The lowest BCUT2D eigenvalue weighted by Gasteiger charge is -2.20. The van der Waals surface area contributed by atoms with Gasteiger partial charge in [0.1, 0.15) is 12.4 Å². The highest BCUT2D eigenvalue weighted by Crippen LogP contribution is 2.37. The molecule has 1 atom stereocenters. The van der Waals surface area contributed by atoms with Crippen LogP contribution in [0.1, 0.15) is 42.5 Å². The number of halogens is 2. The molecule has 0 saturated heterocycles. The number of nitrogens with one attached hydrogen (secondary N) is 1. The maximum absolute atomic E-state index is 13.1. The van der Waals surface area contributed by atoms with Crippen LogP contribution in [0.3, 0.4) is 0 Å². The van der Waals surface area contributed by atoms with Crippen LogP contribution in [0.25, 0.3) is 0 Å². The highest BCUT2D eigenvalue weighted by molar-refractivity contribution is 9.10. The zero-order chi connectivity index (χ0) is 21.3. The summed E-state index contributed by atoms with van der Waals surface area (Å²) >= 11 is 3.61. The van der Waals surface area contributed by atoms with Crippen molar-refractivity contribution in [3.8, 4) is 11.5 Å². The zero-order valence-electron chi connectivity index (χ0n) is 17.3. The molecular weight excluding hydrogens is 445 g/mol. The maximum atomic E-state index is 13.1. The minimum Gasteiger partial charge on any atom is -0.493 e. The first kappa shape index (κ1) is 22.3. The van der Waals surface area contributed by atoms with E-state index in [2.05, 4.69) is 52.4 Å². The van der Waals surface area contributed by atoms with Crippen molar-refractivity contribution in [2.75, 3.05) is 7.11 Å². The maximum Gasteiger partial charge on any atom is 0.175 e. The van der Waals surface area contributed by atoms with Crippen molar-refractivity contribution in [3.63, 3.8) is 0 Å². The van der Waals surface area contributed by atoms with E-state index in [1.807, 2.05) is 18.2 Å². The average molecular weight is 472 g/mol. The Morgan fingerprint density at radius 3 is 2.40 bits per heavy atom. The van der Waals surface area contributed by atoms with Crippen LogP contribution in [0, 0.1) is 5.82 Å². The molecule has 1 N–H and O–H groups in total. The molecule has 30 heavy (non-hydrogen) atoms. The minimum absolute atomic E-state index is 0.258. The van der Waals surface area contributed by atoms with Gasteiger partial charge >= 0.3 is 0 Å². The molecule has 158 valence electrons. The molecule has 0 aromatic heterocycles. The quantitative estimate of drug-likeness (QED) is 0.352. The van der Waals surface area contributed by atoms with Gasteiger partial charge in [0.05, 0.1) is 11.6 Å². The van der Waals surface area contributed by atoms with Crippen molar-refractivity contribution in [2.24, 2.45) is 0 Å². The van der Waals surface area contributed by atoms with Gasteiger partial charge in [-0.3, -0.25) is 0 Å². The molecule has 0 heterocycles. The molecule has 0 aliphatic carbocycles. The predicted molar refractivity (Wildman–Crippen MR) is 122 cm³/mol. The van der Waals surface area contributed by atoms with Gasteiger partial charge in [-0.25, -0.2) is 4.39 Å². The fourth-order valence-electron chi connectivity index (χ4n) is 3.35. The normalized spacial score (nSPS) is 11.9. The van der Waals surface area contributed by atoms with Crippen LogP contribution < -0.4 is 14.8 Å². The summed E-state index contributed by atoms with van der Waals surface area (Å²) in [4.78, 5) is 0. The van der Waals surface area contributed by atoms with E-state index in [0.29, 0.717) is 30.7 Å². The van der Waals surface area contributed by atoms with Crippen LogP contribution in [0.4, 0.5) is 4.39 Å². The Morgan fingerprint density at radius 1 is 1.00 bits per heavy atom. The van der Waals surface area contributed by atoms with Crippen molar-refractivity contribution in [1.82, 2.24) is 5.32 Å². The van der Waals surface area contributed by atoms with Crippen molar-refractivity contribution in [2.45, 2.75) is 39.0 Å². The lowest BCUT2D eigenvalue weighted by atomic mass is 10.0. The summed E-state index contributed by atoms with van der Waals surface area (Å²) in [5.74, 6) is 1.04. The van der Waals surface area contributed by atoms with Gasteiger partial charge in [0.15, 0.2) is 11.5 Å². The Hall–Kier alpha value is -2.37. The molecule has 0 aliphatic rings. The van der Waals surface area contributed by atoms with Crippen molar-refractivity contribution >= 4 is 15.9 Å². The standard InChI is InChI=1S/C25H27BrFNO2/c1-3-7-23(20-8-5-4-6-9-20)28-16-19-14-22(26)25(24(15-19)29-2)30-17-18-10-12-21(27)13-11-18/h4-6,8-15,23,28H,3,7,16-17H2,1-2H3. The van der Waals surface area contributed by atoms with Crippen LogP contribution in [0.2, 0.25) is 0 Å². The Kier molecular flexibility index (Phi) is 8.29. The first-order valence-corrected chi connectivity index (χ1v) is 10.9. The number of hydrogen-bond donors (Lipinski definition) is 1. The predicted octanol–water partition coefficient (Wildman–Crippen LogP) is 6.81. The fraction of sp³-hybridized carbons (Fsp3) is 0.280. The van der Waals surface area contributed by atoms with Crippen molar-refractivity contribution in [1.29, 1.82) is 0 Å². The van der Waals surface area contributed by atoms with Gasteiger partial charge in [-0.15, -0.1) is 0 Å². The summed E-state index contributed by atoms with van der Waals surface area (Å²) in [6.45, 7) is 3.25. The molecule has 0 bridgehead atoms. The summed E-state index contributed by atoms with van der Waals surface area (Å²) < 4.78 is 25.4. The molecule has 0 radical (unpaired) electrons. The lowest BCUT2D eigenvalue weighted by molar-refractivity contribution is 0.282. The third kappa shape index (κ3) is 6.07. The summed E-state index contributed by atoms with van der Waals surface area (Å²) in [6, 6.07) is 21.1. The van der Waals surface area contributed by atoms with Crippen LogP contribution in [-0.4, -0.2) is 7.11 Å². The third-order valence-electron chi connectivity index (χ3n) is 4.92. The van der Waals surface area contributed by atoms with Gasteiger partial charge in [0.25, 0.3) is 0 Å². The third-order valence-corrected chi connectivity index (χ3v) is 5.51. The molecule has 0 fully saturated rings. The van der Waals surface area contributed by atoms with Crippen LogP contribution >= 0.6 is 15.9 Å². The number of ether oxygens (including phenoxy) is 2. The number of rotatable bonds is 10. The second-order valence-corrected chi connectivity index (χ2v) is 8.01. The fourth-order valence-corrected chi connectivity index (χ4v) is 3.96. The SMILES string of the molecule is CCCC(NCc1cc(Br)c(OCc2ccc(F)cc2)c(OC)c1)c1ccccc1. The van der Waals surface area contributed by atoms with Crippen LogP contribution in [-0.2, 0) is 13.2 Å². The molecule has 1 unspecified atom stereocenters. The Bertz CT molecular complexity index is 932. The molecule has 0 saturated carbocycles. The van der Waals surface area contributed by atoms with Crippen molar-refractivity contribution < 1.29 is 13.9 Å². The van der Waals surface area contributed by atoms with Gasteiger partial charge in [0, 0.05) is 12.6 Å².